The summed E-state index contributed by atoms with van der Waals surface area (Å²) < 4.78 is 1.37. The van der Waals surface area contributed by atoms with E-state index in [1.54, 1.807) is 31.2 Å². The van der Waals surface area contributed by atoms with Gasteiger partial charge in [0, 0.05) is 30.8 Å². The van der Waals surface area contributed by atoms with E-state index in [0.29, 0.717) is 35.2 Å². The molecule has 0 fully saturated rings. The second-order valence-electron chi connectivity index (χ2n) is 6.92. The lowest BCUT2D eigenvalue weighted by atomic mass is 10.1. The number of rotatable bonds is 7. The summed E-state index contributed by atoms with van der Waals surface area (Å²) in [6.45, 7) is 4.35. The third-order valence-electron chi connectivity index (χ3n) is 4.69. The number of nitrogens with one attached hydrogen (secondary N) is 3. The van der Waals surface area contributed by atoms with Crippen LogP contribution in [0.5, 0.6) is 0 Å². The molecule has 1 heterocycles. The molecular weight excluding hydrogens is 384 g/mol. The van der Waals surface area contributed by atoms with Gasteiger partial charge in [0.15, 0.2) is 0 Å². The first-order valence-electron chi connectivity index (χ1n) is 9.86. The molecule has 0 radical (unpaired) electrons. The van der Waals surface area contributed by atoms with Gasteiger partial charge in [-0.1, -0.05) is 19.1 Å². The van der Waals surface area contributed by atoms with Crippen LogP contribution in [0.1, 0.15) is 42.6 Å². The van der Waals surface area contributed by atoms with Crippen molar-refractivity contribution < 1.29 is 9.59 Å². The SMILES string of the molecule is CCCC(=O)Nc1cccc(CNC(=O)c2ccc3c(c2)[nH]c(=O)c(=O)n3CC)c1. The van der Waals surface area contributed by atoms with E-state index in [9.17, 15) is 19.2 Å². The Morgan fingerprint density at radius 2 is 1.87 bits per heavy atom. The number of anilines is 1. The van der Waals surface area contributed by atoms with Gasteiger partial charge in [-0.3, -0.25) is 19.2 Å². The number of aromatic nitrogens is 2. The van der Waals surface area contributed by atoms with Gasteiger partial charge >= 0.3 is 11.1 Å². The number of fused-ring (bicyclic) bond motifs is 1. The Bertz CT molecular complexity index is 1210. The molecule has 2 aromatic carbocycles. The molecule has 0 spiro atoms. The van der Waals surface area contributed by atoms with Crippen molar-refractivity contribution >= 4 is 28.5 Å². The van der Waals surface area contributed by atoms with Crippen LogP contribution in [-0.2, 0) is 17.9 Å². The number of amides is 2. The molecule has 8 heteroatoms. The lowest BCUT2D eigenvalue weighted by Gasteiger charge is -2.10. The number of hydrogen-bond acceptors (Lipinski definition) is 4. The molecule has 1 aromatic heterocycles. The third-order valence-corrected chi connectivity index (χ3v) is 4.69. The van der Waals surface area contributed by atoms with Gasteiger partial charge in [0.1, 0.15) is 0 Å². The van der Waals surface area contributed by atoms with Crippen LogP contribution in [0.15, 0.2) is 52.1 Å². The second kappa shape index (κ2) is 9.21. The zero-order valence-electron chi connectivity index (χ0n) is 17.0. The van der Waals surface area contributed by atoms with Gasteiger partial charge in [-0.05, 0) is 49.2 Å². The largest absolute Gasteiger partial charge is 0.348 e. The molecule has 8 nitrogen and oxygen atoms in total. The smallest absolute Gasteiger partial charge is 0.316 e. The van der Waals surface area contributed by atoms with Crippen LogP contribution >= 0.6 is 0 Å². The molecule has 3 N–H and O–H groups in total. The van der Waals surface area contributed by atoms with E-state index in [1.165, 1.54) is 4.57 Å². The Morgan fingerprint density at radius 3 is 2.60 bits per heavy atom. The van der Waals surface area contributed by atoms with Crippen LogP contribution in [0, 0.1) is 0 Å². The lowest BCUT2D eigenvalue weighted by molar-refractivity contribution is -0.116. The molecule has 0 aliphatic carbocycles. The summed E-state index contributed by atoms with van der Waals surface area (Å²) in [5, 5.41) is 5.66. The molecule has 30 heavy (non-hydrogen) atoms. The quantitative estimate of drug-likeness (QED) is 0.521. The molecule has 3 rings (SSSR count). The zero-order chi connectivity index (χ0) is 21.7. The maximum absolute atomic E-state index is 12.6. The van der Waals surface area contributed by atoms with E-state index in [0.717, 1.165) is 12.0 Å². The molecular formula is C22H24N4O4. The summed E-state index contributed by atoms with van der Waals surface area (Å²) in [4.78, 5) is 50.6. The van der Waals surface area contributed by atoms with Gasteiger partial charge < -0.3 is 20.2 Å². The fourth-order valence-electron chi connectivity index (χ4n) is 3.23. The Balaban J connectivity index is 1.74. The number of nitrogens with zero attached hydrogens (tertiary/aromatic N) is 1. The standard InChI is InChI=1S/C22H24N4O4/c1-3-6-19(27)24-16-8-5-7-14(11-16)13-23-20(28)15-9-10-18-17(12-15)25-21(29)22(30)26(18)4-2/h5,7-12H,3-4,6,13H2,1-2H3,(H,23,28)(H,24,27)(H,25,29). The average Bonchev–Trinajstić information content (AvgIpc) is 2.73. The van der Waals surface area contributed by atoms with E-state index in [4.69, 9.17) is 0 Å². The first-order chi connectivity index (χ1) is 14.4. The molecule has 0 atom stereocenters. The number of aromatic amines is 1. The topological polar surface area (TPSA) is 113 Å². The van der Waals surface area contributed by atoms with E-state index < -0.39 is 11.1 Å². The molecule has 2 amide bonds. The van der Waals surface area contributed by atoms with Crippen molar-refractivity contribution in [2.45, 2.75) is 39.8 Å². The first-order valence-corrected chi connectivity index (χ1v) is 9.86. The Hall–Kier alpha value is -3.68. The van der Waals surface area contributed by atoms with Gasteiger partial charge in [-0.2, -0.15) is 0 Å². The maximum Gasteiger partial charge on any atom is 0.316 e. The molecule has 3 aromatic rings. The van der Waals surface area contributed by atoms with E-state index in [2.05, 4.69) is 15.6 Å². The zero-order valence-corrected chi connectivity index (χ0v) is 17.0. The molecule has 0 saturated heterocycles. The summed E-state index contributed by atoms with van der Waals surface area (Å²) >= 11 is 0. The predicted molar refractivity (Wildman–Crippen MR) is 116 cm³/mol. The van der Waals surface area contributed by atoms with E-state index >= 15 is 0 Å². The van der Waals surface area contributed by atoms with Crippen LogP contribution in [0.4, 0.5) is 5.69 Å². The van der Waals surface area contributed by atoms with Gasteiger partial charge in [-0.15, -0.1) is 0 Å². The molecule has 0 aliphatic heterocycles. The molecule has 0 unspecified atom stereocenters. The monoisotopic (exact) mass is 408 g/mol. The highest BCUT2D eigenvalue weighted by Gasteiger charge is 2.11. The number of H-pyrrole nitrogens is 1. The molecule has 0 bridgehead atoms. The van der Waals surface area contributed by atoms with Gasteiger partial charge in [0.25, 0.3) is 5.91 Å². The first kappa shape index (κ1) is 21.0. The predicted octanol–water partition coefficient (Wildman–Crippen LogP) is 2.38. The average molecular weight is 408 g/mol. The number of carbonyl (C=O) groups excluding carboxylic acids is 2. The summed E-state index contributed by atoms with van der Waals surface area (Å²) in [6, 6.07) is 12.1. The minimum atomic E-state index is -0.719. The third kappa shape index (κ3) is 4.65. The number of carbonyl (C=O) groups is 2. The van der Waals surface area contributed by atoms with Crippen molar-refractivity contribution in [1.29, 1.82) is 0 Å². The van der Waals surface area contributed by atoms with E-state index in [1.807, 2.05) is 25.1 Å². The van der Waals surface area contributed by atoms with Gasteiger partial charge in [0.05, 0.1) is 11.0 Å². The normalized spacial score (nSPS) is 10.7. The number of hydrogen-bond donors (Lipinski definition) is 3. The minimum Gasteiger partial charge on any atom is -0.348 e. The Kier molecular flexibility index (Phi) is 6.46. The van der Waals surface area contributed by atoms with Crippen molar-refractivity contribution in [3.8, 4) is 0 Å². The molecule has 0 saturated carbocycles. The summed E-state index contributed by atoms with van der Waals surface area (Å²) in [5.41, 5.74) is 1.54. The molecule has 0 aliphatic rings. The number of benzene rings is 2. The summed E-state index contributed by atoms with van der Waals surface area (Å²) in [7, 11) is 0. The maximum atomic E-state index is 12.6. The van der Waals surface area contributed by atoms with Crippen molar-refractivity contribution in [2.24, 2.45) is 0 Å². The van der Waals surface area contributed by atoms with Crippen LogP contribution < -0.4 is 21.8 Å². The minimum absolute atomic E-state index is 0.0469. The summed E-state index contributed by atoms with van der Waals surface area (Å²) in [6.07, 6.45) is 1.23. The lowest BCUT2D eigenvalue weighted by Crippen LogP contribution is -2.36. The fraction of sp³-hybridized carbons (Fsp3) is 0.273. The van der Waals surface area contributed by atoms with Crippen molar-refractivity contribution in [2.75, 3.05) is 5.32 Å². The van der Waals surface area contributed by atoms with Gasteiger partial charge in [0.2, 0.25) is 5.91 Å². The van der Waals surface area contributed by atoms with Crippen LogP contribution in [-0.4, -0.2) is 21.4 Å². The van der Waals surface area contributed by atoms with Crippen LogP contribution in [0.25, 0.3) is 11.0 Å². The summed E-state index contributed by atoms with van der Waals surface area (Å²) in [5.74, 6) is -0.359. The van der Waals surface area contributed by atoms with Crippen molar-refractivity contribution in [3.63, 3.8) is 0 Å². The Morgan fingerprint density at radius 1 is 1.07 bits per heavy atom. The van der Waals surface area contributed by atoms with Crippen LogP contribution in [0.2, 0.25) is 0 Å². The van der Waals surface area contributed by atoms with Gasteiger partial charge in [-0.25, -0.2) is 0 Å². The van der Waals surface area contributed by atoms with Crippen LogP contribution in [0.3, 0.4) is 0 Å². The highest BCUT2D eigenvalue weighted by atomic mass is 16.2. The number of aryl methyl sites for hydroxylation is 1. The fourth-order valence-corrected chi connectivity index (χ4v) is 3.23. The van der Waals surface area contributed by atoms with E-state index in [-0.39, 0.29) is 18.4 Å². The van der Waals surface area contributed by atoms with Crippen molar-refractivity contribution in [3.05, 3.63) is 74.3 Å². The highest BCUT2D eigenvalue weighted by molar-refractivity contribution is 5.97. The second-order valence-corrected chi connectivity index (χ2v) is 6.92. The molecule has 156 valence electrons. The highest BCUT2D eigenvalue weighted by Crippen LogP contribution is 2.14. The van der Waals surface area contributed by atoms with Crippen molar-refractivity contribution in [1.82, 2.24) is 14.9 Å². The Labute approximate surface area is 172 Å².